The molecule has 11 heteroatoms. The number of benzene rings is 3. The number of nitro benzene ring substituents is 1. The molecule has 0 spiro atoms. The van der Waals surface area contributed by atoms with Crippen molar-refractivity contribution in [2.75, 3.05) is 4.90 Å². The number of thiocarbonyl (C=S) groups is 1. The van der Waals surface area contributed by atoms with E-state index in [2.05, 4.69) is 10.3 Å². The van der Waals surface area contributed by atoms with E-state index in [0.717, 1.165) is 26.7 Å². The molecule has 2 aromatic heterocycles. The summed E-state index contributed by atoms with van der Waals surface area (Å²) in [6.07, 6.45) is 1.76. The van der Waals surface area contributed by atoms with Crippen molar-refractivity contribution in [3.63, 3.8) is 0 Å². The summed E-state index contributed by atoms with van der Waals surface area (Å²) in [5.74, 6) is 1.37. The molecule has 0 aliphatic carbocycles. The summed E-state index contributed by atoms with van der Waals surface area (Å²) >= 11 is 19.7. The van der Waals surface area contributed by atoms with Crippen molar-refractivity contribution in [3.8, 4) is 11.3 Å². The number of furan rings is 1. The number of rotatable bonds is 7. The average molecular weight is 620 g/mol. The highest BCUT2D eigenvalue weighted by Gasteiger charge is 2.42. The fraction of sp³-hybridized carbons (Fsp3) is 0.0667. The lowest BCUT2D eigenvalue weighted by Gasteiger charge is -2.26. The summed E-state index contributed by atoms with van der Waals surface area (Å²) in [4.78, 5) is 19.1. The third-order valence-corrected chi connectivity index (χ3v) is 8.69. The van der Waals surface area contributed by atoms with E-state index in [1.54, 1.807) is 30.5 Å². The van der Waals surface area contributed by atoms with Crippen LogP contribution < -0.4 is 10.2 Å². The Hall–Kier alpha value is -3.89. The first kappa shape index (κ1) is 27.3. The molecule has 1 saturated heterocycles. The van der Waals surface area contributed by atoms with Crippen LogP contribution >= 0.6 is 47.2 Å². The molecule has 41 heavy (non-hydrogen) atoms. The molecule has 0 bridgehead atoms. The van der Waals surface area contributed by atoms with E-state index in [9.17, 15) is 10.1 Å². The van der Waals surface area contributed by atoms with Crippen molar-refractivity contribution in [1.82, 2.24) is 10.3 Å². The van der Waals surface area contributed by atoms with E-state index in [0.29, 0.717) is 26.7 Å². The molecular weight excluding hydrogens is 599 g/mol. The predicted octanol–water partition coefficient (Wildman–Crippen LogP) is 8.88. The molecule has 1 N–H and O–H groups in total. The minimum atomic E-state index is -0.405. The van der Waals surface area contributed by atoms with Crippen LogP contribution in [0.1, 0.15) is 23.5 Å². The van der Waals surface area contributed by atoms with Gasteiger partial charge in [0.1, 0.15) is 17.6 Å². The SMILES string of the molecule is O=[N+]([O-])c1ccc(Sc2ccc(N3C(=S)NC(c4ccccn4)C3c3ccc(-c4ccc(Cl)c(Cl)c4)o3)cc2)cc1. The molecular formula is C30H20Cl2N4O3S2. The number of non-ortho nitro benzene ring substituents is 1. The minimum Gasteiger partial charge on any atom is -0.459 e. The molecule has 3 aromatic carbocycles. The van der Waals surface area contributed by atoms with Gasteiger partial charge in [-0.25, -0.2) is 0 Å². The third kappa shape index (κ3) is 5.67. The lowest BCUT2D eigenvalue weighted by Crippen LogP contribution is -2.29. The van der Waals surface area contributed by atoms with Gasteiger partial charge in [0.25, 0.3) is 5.69 Å². The zero-order valence-electron chi connectivity index (χ0n) is 21.1. The number of nitrogens with zero attached hydrogens (tertiary/aromatic N) is 3. The number of pyridine rings is 1. The summed E-state index contributed by atoms with van der Waals surface area (Å²) in [7, 11) is 0. The van der Waals surface area contributed by atoms with Gasteiger partial charge in [0, 0.05) is 39.4 Å². The second-order valence-corrected chi connectivity index (χ2v) is 11.5. The highest BCUT2D eigenvalue weighted by atomic mass is 35.5. The summed E-state index contributed by atoms with van der Waals surface area (Å²) in [6.45, 7) is 0. The number of hydrogen-bond acceptors (Lipinski definition) is 6. The molecule has 0 saturated carbocycles. The van der Waals surface area contributed by atoms with Crippen molar-refractivity contribution in [1.29, 1.82) is 0 Å². The van der Waals surface area contributed by atoms with E-state index in [-0.39, 0.29) is 17.8 Å². The maximum absolute atomic E-state index is 11.0. The second kappa shape index (κ2) is 11.5. The van der Waals surface area contributed by atoms with Gasteiger partial charge in [-0.05, 0) is 91.1 Å². The first-order chi connectivity index (χ1) is 19.9. The van der Waals surface area contributed by atoms with Gasteiger partial charge in [-0.3, -0.25) is 15.1 Å². The van der Waals surface area contributed by atoms with E-state index in [1.807, 2.05) is 65.6 Å². The first-order valence-corrected chi connectivity index (χ1v) is 14.4. The van der Waals surface area contributed by atoms with E-state index >= 15 is 0 Å². The number of halogens is 2. The number of nitro groups is 1. The van der Waals surface area contributed by atoms with Crippen LogP contribution in [0.5, 0.6) is 0 Å². The highest BCUT2D eigenvalue weighted by Crippen LogP contribution is 2.43. The van der Waals surface area contributed by atoms with Gasteiger partial charge in [0.05, 0.1) is 26.7 Å². The van der Waals surface area contributed by atoms with Gasteiger partial charge < -0.3 is 14.6 Å². The molecule has 204 valence electrons. The van der Waals surface area contributed by atoms with Crippen molar-refractivity contribution >= 4 is 63.7 Å². The predicted molar refractivity (Wildman–Crippen MR) is 166 cm³/mol. The Morgan fingerprint density at radius 2 is 1.66 bits per heavy atom. The number of anilines is 1. The Labute approximate surface area is 255 Å². The van der Waals surface area contributed by atoms with Crippen LogP contribution in [0.15, 0.2) is 117 Å². The zero-order valence-corrected chi connectivity index (χ0v) is 24.3. The Balaban J connectivity index is 1.32. The molecule has 1 aliphatic heterocycles. The summed E-state index contributed by atoms with van der Waals surface area (Å²) < 4.78 is 6.41. The maximum atomic E-state index is 11.0. The van der Waals surface area contributed by atoms with Crippen molar-refractivity contribution in [2.45, 2.75) is 21.9 Å². The Morgan fingerprint density at radius 3 is 2.32 bits per heavy atom. The molecule has 7 nitrogen and oxygen atoms in total. The van der Waals surface area contributed by atoms with Crippen LogP contribution in [-0.4, -0.2) is 15.0 Å². The lowest BCUT2D eigenvalue weighted by atomic mass is 10.0. The van der Waals surface area contributed by atoms with E-state index in [4.69, 9.17) is 39.8 Å². The lowest BCUT2D eigenvalue weighted by molar-refractivity contribution is -0.384. The van der Waals surface area contributed by atoms with Crippen molar-refractivity contribution in [2.24, 2.45) is 0 Å². The summed E-state index contributed by atoms with van der Waals surface area (Å²) in [6, 6.07) is 28.9. The highest BCUT2D eigenvalue weighted by molar-refractivity contribution is 7.99. The standard InChI is InChI=1S/C30H20Cl2N4O3S2/c31-23-13-4-18(17-24(23)32)26-14-15-27(39-26)29-28(25-3-1-2-16-33-25)34-30(40)35(29)19-5-9-21(10-6-19)41-22-11-7-20(8-12-22)36(37)38/h1-17,28-29H,(H,34,40). The maximum Gasteiger partial charge on any atom is 0.269 e. The normalized spacial score (nSPS) is 16.5. The smallest absolute Gasteiger partial charge is 0.269 e. The Morgan fingerprint density at radius 1 is 0.927 bits per heavy atom. The van der Waals surface area contributed by atoms with Crippen molar-refractivity contribution < 1.29 is 9.34 Å². The van der Waals surface area contributed by atoms with Gasteiger partial charge in [-0.15, -0.1) is 0 Å². The fourth-order valence-electron chi connectivity index (χ4n) is 4.68. The van der Waals surface area contributed by atoms with E-state index < -0.39 is 4.92 Å². The molecule has 2 unspecified atom stereocenters. The third-order valence-electron chi connectivity index (χ3n) is 6.62. The molecule has 1 fully saturated rings. The fourth-order valence-corrected chi connectivity index (χ4v) is 6.15. The average Bonchev–Trinajstić information content (AvgIpc) is 3.60. The summed E-state index contributed by atoms with van der Waals surface area (Å²) in [5, 5.41) is 15.9. The van der Waals surface area contributed by atoms with Crippen LogP contribution in [0.4, 0.5) is 11.4 Å². The number of aromatic nitrogens is 1. The second-order valence-electron chi connectivity index (χ2n) is 9.17. The molecule has 0 amide bonds. The molecule has 3 heterocycles. The monoisotopic (exact) mass is 618 g/mol. The Bertz CT molecular complexity index is 1730. The topological polar surface area (TPSA) is 84.4 Å². The van der Waals surface area contributed by atoms with Crippen LogP contribution in [0.3, 0.4) is 0 Å². The van der Waals surface area contributed by atoms with Crippen LogP contribution in [0, 0.1) is 10.1 Å². The molecule has 0 radical (unpaired) electrons. The van der Waals surface area contributed by atoms with Gasteiger partial charge in [-0.2, -0.15) is 0 Å². The van der Waals surface area contributed by atoms with Gasteiger partial charge in [0.15, 0.2) is 5.11 Å². The minimum absolute atomic E-state index is 0.0634. The molecule has 2 atom stereocenters. The summed E-state index contributed by atoms with van der Waals surface area (Å²) in [5.41, 5.74) is 2.59. The molecule has 1 aliphatic rings. The van der Waals surface area contributed by atoms with Crippen LogP contribution in [-0.2, 0) is 0 Å². The van der Waals surface area contributed by atoms with Crippen LogP contribution in [0.2, 0.25) is 10.0 Å². The van der Waals surface area contributed by atoms with Gasteiger partial charge >= 0.3 is 0 Å². The van der Waals surface area contributed by atoms with Crippen LogP contribution in [0.25, 0.3) is 11.3 Å². The first-order valence-electron chi connectivity index (χ1n) is 12.5. The largest absolute Gasteiger partial charge is 0.459 e. The van der Waals surface area contributed by atoms with Gasteiger partial charge in [-0.1, -0.05) is 41.0 Å². The van der Waals surface area contributed by atoms with E-state index in [1.165, 1.54) is 23.9 Å². The quantitative estimate of drug-likeness (QED) is 0.110. The van der Waals surface area contributed by atoms with Gasteiger partial charge in [0.2, 0.25) is 0 Å². The Kier molecular flexibility index (Phi) is 7.68. The van der Waals surface area contributed by atoms with Crippen molar-refractivity contribution in [3.05, 3.63) is 135 Å². The molecule has 6 rings (SSSR count). The number of nitrogens with one attached hydrogen (secondary N) is 1. The zero-order chi connectivity index (χ0) is 28.5. The number of hydrogen-bond donors (Lipinski definition) is 1. The molecule has 5 aromatic rings.